The van der Waals surface area contributed by atoms with E-state index in [0.717, 1.165) is 46.4 Å². The van der Waals surface area contributed by atoms with Gasteiger partial charge in [0.25, 0.3) is 0 Å². The van der Waals surface area contributed by atoms with Gasteiger partial charge in [-0.15, -0.1) is 0 Å². The molecule has 0 atom stereocenters. The lowest BCUT2D eigenvalue weighted by Crippen LogP contribution is -2.37. The fraction of sp³-hybridized carbons (Fsp3) is 0.185. The van der Waals surface area contributed by atoms with Crippen LogP contribution in [0, 0.1) is 0 Å². The molecule has 0 aliphatic carbocycles. The number of anilines is 2. The standard InChI is InChI=1S/C27H24N6O2/c28-27-31-25-24(26(32-27)33-10-12-34-13-11-33)30-23(16-29-25)21-7-6-20-15-22(9-8-19(20)14-21)35-17-18-4-2-1-3-5-18/h1-9,14-16H,10-13,17H2,(H2,28,29,31,32). The summed E-state index contributed by atoms with van der Waals surface area (Å²) < 4.78 is 11.5. The number of hydrogen-bond donors (Lipinski definition) is 1. The second kappa shape index (κ2) is 9.15. The molecule has 0 spiro atoms. The number of fused-ring (bicyclic) bond motifs is 2. The number of ether oxygens (including phenoxy) is 2. The summed E-state index contributed by atoms with van der Waals surface area (Å²) in [4.78, 5) is 20.3. The van der Waals surface area contributed by atoms with Gasteiger partial charge in [-0.05, 0) is 34.5 Å². The highest BCUT2D eigenvalue weighted by atomic mass is 16.5. The number of nitrogens with two attached hydrogens (primary N) is 1. The van der Waals surface area contributed by atoms with Crippen LogP contribution in [0.3, 0.4) is 0 Å². The fourth-order valence-corrected chi connectivity index (χ4v) is 4.26. The molecular weight excluding hydrogens is 440 g/mol. The molecule has 1 aliphatic heterocycles. The first kappa shape index (κ1) is 21.2. The summed E-state index contributed by atoms with van der Waals surface area (Å²) in [6, 6.07) is 22.5. The van der Waals surface area contributed by atoms with Crippen molar-refractivity contribution in [3.8, 4) is 17.0 Å². The first-order valence-corrected chi connectivity index (χ1v) is 11.6. The maximum Gasteiger partial charge on any atom is 0.224 e. The number of hydrogen-bond acceptors (Lipinski definition) is 8. The van der Waals surface area contributed by atoms with E-state index in [9.17, 15) is 0 Å². The lowest BCUT2D eigenvalue weighted by molar-refractivity contribution is 0.122. The molecule has 1 aliphatic rings. The van der Waals surface area contributed by atoms with Crippen molar-refractivity contribution in [2.75, 3.05) is 36.9 Å². The normalized spacial score (nSPS) is 13.9. The maximum atomic E-state index is 5.98. The minimum atomic E-state index is 0.192. The van der Waals surface area contributed by atoms with Crippen LogP contribution >= 0.6 is 0 Å². The number of rotatable bonds is 5. The molecule has 8 heteroatoms. The first-order valence-electron chi connectivity index (χ1n) is 11.6. The third-order valence-electron chi connectivity index (χ3n) is 6.07. The van der Waals surface area contributed by atoms with Gasteiger partial charge in [-0.3, -0.25) is 0 Å². The van der Waals surface area contributed by atoms with Crippen LogP contribution in [-0.4, -0.2) is 46.2 Å². The van der Waals surface area contributed by atoms with Gasteiger partial charge in [0, 0.05) is 18.7 Å². The summed E-state index contributed by atoms with van der Waals surface area (Å²) in [6.45, 7) is 3.26. The van der Waals surface area contributed by atoms with Crippen molar-refractivity contribution >= 4 is 33.7 Å². The molecule has 0 amide bonds. The number of benzene rings is 3. The lowest BCUT2D eigenvalue weighted by atomic mass is 10.0. The van der Waals surface area contributed by atoms with E-state index in [1.54, 1.807) is 6.20 Å². The van der Waals surface area contributed by atoms with Crippen LogP contribution in [0.2, 0.25) is 0 Å². The quantitative estimate of drug-likeness (QED) is 0.412. The van der Waals surface area contributed by atoms with Gasteiger partial charge in [0.1, 0.15) is 12.4 Å². The Balaban J connectivity index is 1.31. The van der Waals surface area contributed by atoms with Crippen molar-refractivity contribution in [3.63, 3.8) is 0 Å². The smallest absolute Gasteiger partial charge is 0.224 e. The largest absolute Gasteiger partial charge is 0.489 e. The molecule has 0 bridgehead atoms. The van der Waals surface area contributed by atoms with Crippen molar-refractivity contribution in [2.45, 2.75) is 6.61 Å². The third-order valence-corrected chi connectivity index (χ3v) is 6.07. The Morgan fingerprint density at radius 3 is 2.54 bits per heavy atom. The number of aromatic nitrogens is 4. The van der Waals surface area contributed by atoms with Gasteiger partial charge in [0.05, 0.1) is 25.1 Å². The van der Waals surface area contributed by atoms with Crippen LogP contribution in [0.15, 0.2) is 72.9 Å². The topological polar surface area (TPSA) is 99.3 Å². The highest BCUT2D eigenvalue weighted by molar-refractivity contribution is 5.90. The molecule has 2 aromatic heterocycles. The predicted octanol–water partition coefficient (Wildman–Crippen LogP) is 4.24. The maximum absolute atomic E-state index is 5.98. The molecule has 6 rings (SSSR count). The predicted molar refractivity (Wildman–Crippen MR) is 136 cm³/mol. The van der Waals surface area contributed by atoms with Gasteiger partial charge in [-0.1, -0.05) is 48.5 Å². The number of morpholine rings is 1. The van der Waals surface area contributed by atoms with Crippen molar-refractivity contribution in [2.24, 2.45) is 0 Å². The van der Waals surface area contributed by atoms with Crippen LogP contribution < -0.4 is 15.4 Å². The molecule has 35 heavy (non-hydrogen) atoms. The minimum absolute atomic E-state index is 0.192. The summed E-state index contributed by atoms with van der Waals surface area (Å²) in [7, 11) is 0. The third kappa shape index (κ3) is 4.43. The van der Waals surface area contributed by atoms with E-state index in [2.05, 4.69) is 56.3 Å². The summed E-state index contributed by atoms with van der Waals surface area (Å²) >= 11 is 0. The Morgan fingerprint density at radius 1 is 0.886 bits per heavy atom. The molecule has 3 aromatic carbocycles. The van der Waals surface area contributed by atoms with Crippen molar-refractivity contribution in [1.29, 1.82) is 0 Å². The van der Waals surface area contributed by atoms with Gasteiger partial charge >= 0.3 is 0 Å². The van der Waals surface area contributed by atoms with Gasteiger partial charge in [-0.2, -0.15) is 9.97 Å². The van der Waals surface area contributed by atoms with Crippen LogP contribution in [0.4, 0.5) is 11.8 Å². The van der Waals surface area contributed by atoms with E-state index in [1.165, 1.54) is 0 Å². The van der Waals surface area contributed by atoms with Crippen molar-refractivity contribution in [3.05, 3.63) is 78.5 Å². The second-order valence-electron chi connectivity index (χ2n) is 8.43. The zero-order chi connectivity index (χ0) is 23.6. The van der Waals surface area contributed by atoms with E-state index in [-0.39, 0.29) is 5.95 Å². The Kier molecular flexibility index (Phi) is 5.56. The summed E-state index contributed by atoms with van der Waals surface area (Å²) in [5.74, 6) is 1.73. The number of nitrogen functional groups attached to an aromatic ring is 1. The molecule has 5 aromatic rings. The molecular formula is C27H24N6O2. The molecule has 3 heterocycles. The molecule has 1 fully saturated rings. The van der Waals surface area contributed by atoms with E-state index in [0.29, 0.717) is 36.8 Å². The summed E-state index contributed by atoms with van der Waals surface area (Å²) in [5.41, 5.74) is 9.95. The molecule has 8 nitrogen and oxygen atoms in total. The molecule has 174 valence electrons. The van der Waals surface area contributed by atoms with Gasteiger partial charge in [0.15, 0.2) is 17.0 Å². The van der Waals surface area contributed by atoms with E-state index >= 15 is 0 Å². The molecule has 2 N–H and O–H groups in total. The molecule has 0 saturated carbocycles. The average Bonchev–Trinajstić information content (AvgIpc) is 2.92. The lowest BCUT2D eigenvalue weighted by Gasteiger charge is -2.28. The van der Waals surface area contributed by atoms with Gasteiger partial charge in [0.2, 0.25) is 5.95 Å². The van der Waals surface area contributed by atoms with Gasteiger partial charge in [-0.25, -0.2) is 9.97 Å². The van der Waals surface area contributed by atoms with Crippen LogP contribution in [0.5, 0.6) is 5.75 Å². The average molecular weight is 465 g/mol. The van der Waals surface area contributed by atoms with Gasteiger partial charge < -0.3 is 20.1 Å². The second-order valence-corrected chi connectivity index (χ2v) is 8.43. The van der Waals surface area contributed by atoms with Crippen LogP contribution in [0.25, 0.3) is 33.2 Å². The van der Waals surface area contributed by atoms with Crippen molar-refractivity contribution < 1.29 is 9.47 Å². The fourth-order valence-electron chi connectivity index (χ4n) is 4.26. The van der Waals surface area contributed by atoms with Crippen LogP contribution in [-0.2, 0) is 11.3 Å². The highest BCUT2D eigenvalue weighted by Gasteiger charge is 2.19. The molecule has 1 saturated heterocycles. The van der Waals surface area contributed by atoms with E-state index in [4.69, 9.17) is 20.2 Å². The zero-order valence-electron chi connectivity index (χ0n) is 19.1. The van der Waals surface area contributed by atoms with Crippen molar-refractivity contribution in [1.82, 2.24) is 19.9 Å². The molecule has 0 radical (unpaired) electrons. The summed E-state index contributed by atoms with van der Waals surface area (Å²) in [5, 5.41) is 2.19. The van der Waals surface area contributed by atoms with E-state index < -0.39 is 0 Å². The highest BCUT2D eigenvalue weighted by Crippen LogP contribution is 2.29. The monoisotopic (exact) mass is 464 g/mol. The first-order chi connectivity index (χ1) is 17.2. The van der Waals surface area contributed by atoms with Crippen LogP contribution in [0.1, 0.15) is 5.56 Å². The Hall–Kier alpha value is -4.30. The Morgan fingerprint density at radius 2 is 1.69 bits per heavy atom. The van der Waals surface area contributed by atoms with E-state index in [1.807, 2.05) is 30.3 Å². The number of nitrogens with zero attached hydrogens (tertiary/aromatic N) is 5. The minimum Gasteiger partial charge on any atom is -0.489 e. The molecule has 0 unspecified atom stereocenters. The summed E-state index contributed by atoms with van der Waals surface area (Å²) in [6.07, 6.45) is 1.73. The Bertz CT molecular complexity index is 1500. The Labute approximate surface area is 202 Å². The SMILES string of the molecule is Nc1nc(N2CCOCC2)c2nc(-c3ccc4cc(OCc5ccccc5)ccc4c3)cnc2n1. The zero-order valence-corrected chi connectivity index (χ0v) is 19.1.